The predicted molar refractivity (Wildman–Crippen MR) is 44.0 cm³/mol. The summed E-state index contributed by atoms with van der Waals surface area (Å²) < 4.78 is 0. The highest BCUT2D eigenvalue weighted by molar-refractivity contribution is 5.80. The third-order valence-corrected chi connectivity index (χ3v) is 1.57. The molecule has 0 unspecified atom stereocenters. The Kier molecular flexibility index (Phi) is 1.79. The van der Waals surface area contributed by atoms with E-state index in [1.165, 1.54) is 5.57 Å². The van der Waals surface area contributed by atoms with Crippen molar-refractivity contribution in [3.05, 3.63) is 11.6 Å². The Labute approximate surface area is 62.0 Å². The average Bonchev–Trinajstić information content (AvgIpc) is 1.88. The van der Waals surface area contributed by atoms with E-state index in [-0.39, 0.29) is 5.41 Å². The highest BCUT2D eigenvalue weighted by atomic mass is 15.3. The van der Waals surface area contributed by atoms with Gasteiger partial charge in [0.05, 0.1) is 12.8 Å². The normalized spacial score (nSPS) is 18.1. The molecule has 2 heteroatoms. The first-order valence-electron chi connectivity index (χ1n) is 3.57. The smallest absolute Gasteiger partial charge is 0.0516 e. The topological polar surface area (TPSA) is 24.4 Å². The second-order valence-electron chi connectivity index (χ2n) is 3.53. The lowest BCUT2D eigenvalue weighted by Gasteiger charge is -2.21. The molecule has 0 aromatic carbocycles. The molecule has 0 aromatic heterocycles. The summed E-state index contributed by atoms with van der Waals surface area (Å²) in [6, 6.07) is 0. The van der Waals surface area contributed by atoms with Crippen LogP contribution < -0.4 is 5.43 Å². The van der Waals surface area contributed by atoms with Gasteiger partial charge in [-0.1, -0.05) is 26.8 Å². The standard InChI is InChI=1S/C8H14N2/c1-8(2,3)7-4-5-9-10-6-7/h4,6,9H,5H2,1-3H3. The quantitative estimate of drug-likeness (QED) is 0.539. The fraction of sp³-hybridized carbons (Fsp3) is 0.625. The number of nitrogens with one attached hydrogen (secondary N) is 1. The summed E-state index contributed by atoms with van der Waals surface area (Å²) in [6.07, 6.45) is 4.07. The van der Waals surface area contributed by atoms with Crippen molar-refractivity contribution in [2.75, 3.05) is 6.54 Å². The van der Waals surface area contributed by atoms with Gasteiger partial charge in [0.2, 0.25) is 0 Å². The molecule has 1 rings (SSSR count). The molecule has 1 heterocycles. The largest absolute Gasteiger partial charge is 0.306 e. The van der Waals surface area contributed by atoms with E-state index in [9.17, 15) is 0 Å². The molecule has 0 saturated carbocycles. The zero-order valence-corrected chi connectivity index (χ0v) is 6.81. The van der Waals surface area contributed by atoms with Gasteiger partial charge < -0.3 is 5.43 Å². The van der Waals surface area contributed by atoms with Gasteiger partial charge in [-0.2, -0.15) is 5.10 Å². The number of hydrazone groups is 1. The fourth-order valence-electron chi connectivity index (χ4n) is 0.876. The molecule has 10 heavy (non-hydrogen) atoms. The van der Waals surface area contributed by atoms with Crippen LogP contribution in [0.2, 0.25) is 0 Å². The van der Waals surface area contributed by atoms with Crippen LogP contribution in [0.25, 0.3) is 0 Å². The average molecular weight is 138 g/mol. The second-order valence-corrected chi connectivity index (χ2v) is 3.53. The number of rotatable bonds is 0. The van der Waals surface area contributed by atoms with E-state index >= 15 is 0 Å². The Morgan fingerprint density at radius 1 is 1.50 bits per heavy atom. The minimum atomic E-state index is 0.242. The van der Waals surface area contributed by atoms with E-state index in [1.54, 1.807) is 0 Å². The van der Waals surface area contributed by atoms with Crippen LogP contribution in [-0.2, 0) is 0 Å². The molecule has 0 spiro atoms. The highest BCUT2D eigenvalue weighted by Crippen LogP contribution is 2.23. The molecule has 0 fully saturated rings. The third kappa shape index (κ3) is 1.59. The molecule has 0 aliphatic carbocycles. The molecule has 1 aliphatic heterocycles. The predicted octanol–water partition coefficient (Wildman–Crippen LogP) is 1.55. The molecular weight excluding hydrogens is 124 g/mol. The van der Waals surface area contributed by atoms with Crippen LogP contribution >= 0.6 is 0 Å². The summed E-state index contributed by atoms with van der Waals surface area (Å²) in [5, 5.41) is 3.98. The summed E-state index contributed by atoms with van der Waals surface area (Å²) in [6.45, 7) is 7.44. The van der Waals surface area contributed by atoms with Gasteiger partial charge in [-0.25, -0.2) is 0 Å². The first-order valence-corrected chi connectivity index (χ1v) is 3.57. The zero-order chi connectivity index (χ0) is 7.61. The van der Waals surface area contributed by atoms with Crippen LogP contribution in [0.15, 0.2) is 16.8 Å². The van der Waals surface area contributed by atoms with Gasteiger partial charge in [0.1, 0.15) is 0 Å². The first-order chi connectivity index (χ1) is 4.61. The zero-order valence-electron chi connectivity index (χ0n) is 6.81. The summed E-state index contributed by atoms with van der Waals surface area (Å²) >= 11 is 0. The molecule has 0 amide bonds. The summed E-state index contributed by atoms with van der Waals surface area (Å²) in [7, 11) is 0. The van der Waals surface area contributed by atoms with Crippen molar-refractivity contribution in [1.29, 1.82) is 0 Å². The Balaban J connectivity index is 2.73. The molecule has 1 N–H and O–H groups in total. The summed E-state index contributed by atoms with van der Waals surface area (Å²) in [4.78, 5) is 0. The van der Waals surface area contributed by atoms with E-state index in [1.807, 2.05) is 6.21 Å². The molecule has 0 saturated heterocycles. The minimum absolute atomic E-state index is 0.242. The molecule has 56 valence electrons. The van der Waals surface area contributed by atoms with Crippen LogP contribution in [0, 0.1) is 5.41 Å². The molecule has 0 atom stereocenters. The van der Waals surface area contributed by atoms with Gasteiger partial charge in [0.15, 0.2) is 0 Å². The van der Waals surface area contributed by atoms with Crippen molar-refractivity contribution in [2.45, 2.75) is 20.8 Å². The van der Waals surface area contributed by atoms with E-state index < -0.39 is 0 Å². The van der Waals surface area contributed by atoms with E-state index in [4.69, 9.17) is 0 Å². The lowest BCUT2D eigenvalue weighted by atomic mass is 9.87. The highest BCUT2D eigenvalue weighted by Gasteiger charge is 2.15. The number of hydrogen-bond donors (Lipinski definition) is 1. The van der Waals surface area contributed by atoms with Crippen LogP contribution in [0.4, 0.5) is 0 Å². The Hall–Kier alpha value is -0.790. The first kappa shape index (κ1) is 7.32. The monoisotopic (exact) mass is 138 g/mol. The van der Waals surface area contributed by atoms with Crippen molar-refractivity contribution in [3.8, 4) is 0 Å². The lowest BCUT2D eigenvalue weighted by molar-refractivity contribution is 0.520. The third-order valence-electron chi connectivity index (χ3n) is 1.57. The van der Waals surface area contributed by atoms with Gasteiger partial charge in [-0.15, -0.1) is 0 Å². The van der Waals surface area contributed by atoms with Crippen LogP contribution in [0.5, 0.6) is 0 Å². The van der Waals surface area contributed by atoms with Gasteiger partial charge >= 0.3 is 0 Å². The maximum atomic E-state index is 3.98. The second kappa shape index (κ2) is 2.45. The van der Waals surface area contributed by atoms with Crippen molar-refractivity contribution < 1.29 is 0 Å². The molecule has 1 aliphatic rings. The van der Waals surface area contributed by atoms with Gasteiger partial charge in [-0.05, 0) is 11.0 Å². The molecule has 2 nitrogen and oxygen atoms in total. The minimum Gasteiger partial charge on any atom is -0.306 e. The molecule has 0 radical (unpaired) electrons. The van der Waals surface area contributed by atoms with Gasteiger partial charge in [0.25, 0.3) is 0 Å². The Morgan fingerprint density at radius 2 is 2.20 bits per heavy atom. The molecule has 0 aromatic rings. The SMILES string of the molecule is CC(C)(C)C1=CCNN=C1. The summed E-state index contributed by atoms with van der Waals surface area (Å²) in [5.74, 6) is 0. The number of allylic oxidation sites excluding steroid dienone is 1. The molecule has 0 bridgehead atoms. The van der Waals surface area contributed by atoms with Crippen molar-refractivity contribution >= 4 is 6.21 Å². The Morgan fingerprint density at radius 3 is 2.50 bits per heavy atom. The summed E-state index contributed by atoms with van der Waals surface area (Å²) in [5.41, 5.74) is 4.43. The van der Waals surface area contributed by atoms with Crippen molar-refractivity contribution in [3.63, 3.8) is 0 Å². The Bertz CT molecular complexity index is 172. The van der Waals surface area contributed by atoms with E-state index in [0.29, 0.717) is 0 Å². The molecular formula is C8H14N2. The van der Waals surface area contributed by atoms with E-state index in [2.05, 4.69) is 37.4 Å². The lowest BCUT2D eigenvalue weighted by Crippen LogP contribution is -2.19. The fourth-order valence-corrected chi connectivity index (χ4v) is 0.876. The maximum absolute atomic E-state index is 3.98. The van der Waals surface area contributed by atoms with Gasteiger partial charge in [0, 0.05) is 0 Å². The number of nitrogens with zero attached hydrogens (tertiary/aromatic N) is 1. The van der Waals surface area contributed by atoms with Crippen molar-refractivity contribution in [1.82, 2.24) is 5.43 Å². The van der Waals surface area contributed by atoms with Crippen molar-refractivity contribution in [2.24, 2.45) is 10.5 Å². The van der Waals surface area contributed by atoms with Gasteiger partial charge in [-0.3, -0.25) is 0 Å². The van der Waals surface area contributed by atoms with E-state index in [0.717, 1.165) is 6.54 Å². The number of hydrogen-bond acceptors (Lipinski definition) is 2. The van der Waals surface area contributed by atoms with Crippen LogP contribution in [-0.4, -0.2) is 12.8 Å². The van der Waals surface area contributed by atoms with Crippen LogP contribution in [0.3, 0.4) is 0 Å². The van der Waals surface area contributed by atoms with Crippen LogP contribution in [0.1, 0.15) is 20.8 Å². The maximum Gasteiger partial charge on any atom is 0.0516 e.